The van der Waals surface area contributed by atoms with Crippen molar-refractivity contribution in [2.75, 3.05) is 0 Å². The summed E-state index contributed by atoms with van der Waals surface area (Å²) in [4.78, 5) is 37.1. The number of aromatic nitrogens is 2. The fourth-order valence-corrected chi connectivity index (χ4v) is 3.38. The van der Waals surface area contributed by atoms with Gasteiger partial charge in [0.15, 0.2) is 0 Å². The molecule has 1 aliphatic carbocycles. The van der Waals surface area contributed by atoms with Crippen LogP contribution >= 0.6 is 0 Å². The van der Waals surface area contributed by atoms with Crippen LogP contribution in [0.25, 0.3) is 0 Å². The SMILES string of the molecule is CCn1cc(C#N)c(=O)n(CC(=O)N[C@@H]2CCCc3ccccc32)c1=O. The van der Waals surface area contributed by atoms with E-state index in [0.717, 1.165) is 29.4 Å². The topological polar surface area (TPSA) is 96.9 Å². The quantitative estimate of drug-likeness (QED) is 0.891. The number of hydrogen-bond acceptors (Lipinski definition) is 4. The summed E-state index contributed by atoms with van der Waals surface area (Å²) >= 11 is 0. The van der Waals surface area contributed by atoms with E-state index in [-0.39, 0.29) is 11.6 Å². The molecule has 1 N–H and O–H groups in total. The summed E-state index contributed by atoms with van der Waals surface area (Å²) in [6, 6.07) is 9.60. The molecule has 2 aromatic rings. The molecule has 1 atom stereocenters. The van der Waals surface area contributed by atoms with E-state index < -0.39 is 23.7 Å². The zero-order valence-corrected chi connectivity index (χ0v) is 14.6. The third kappa shape index (κ3) is 3.31. The molecule has 1 aliphatic rings. The van der Waals surface area contributed by atoms with Gasteiger partial charge in [-0.3, -0.25) is 14.2 Å². The first-order chi connectivity index (χ1) is 12.5. The minimum Gasteiger partial charge on any atom is -0.348 e. The number of benzene rings is 1. The number of nitriles is 1. The first kappa shape index (κ1) is 17.7. The van der Waals surface area contributed by atoms with Crippen molar-refractivity contribution in [2.45, 2.75) is 45.3 Å². The molecule has 7 nitrogen and oxygen atoms in total. The molecule has 0 saturated heterocycles. The van der Waals surface area contributed by atoms with Gasteiger partial charge in [-0.25, -0.2) is 9.36 Å². The number of carbonyl (C=O) groups is 1. The zero-order chi connectivity index (χ0) is 18.7. The van der Waals surface area contributed by atoms with Gasteiger partial charge in [-0.1, -0.05) is 24.3 Å². The van der Waals surface area contributed by atoms with Crippen LogP contribution < -0.4 is 16.6 Å². The van der Waals surface area contributed by atoms with Gasteiger partial charge in [0, 0.05) is 12.7 Å². The summed E-state index contributed by atoms with van der Waals surface area (Å²) in [5.41, 5.74) is 0.816. The maximum atomic E-state index is 12.5. The highest BCUT2D eigenvalue weighted by atomic mass is 16.2. The Morgan fingerprint density at radius 3 is 2.85 bits per heavy atom. The molecule has 0 fully saturated rings. The number of nitrogens with zero attached hydrogens (tertiary/aromatic N) is 3. The molecule has 26 heavy (non-hydrogen) atoms. The monoisotopic (exact) mass is 352 g/mol. The smallest absolute Gasteiger partial charge is 0.331 e. The number of amides is 1. The van der Waals surface area contributed by atoms with Crippen LogP contribution in [-0.4, -0.2) is 15.0 Å². The van der Waals surface area contributed by atoms with Crippen LogP contribution in [0.3, 0.4) is 0 Å². The predicted molar refractivity (Wildman–Crippen MR) is 95.6 cm³/mol. The number of aryl methyl sites for hydroxylation is 2. The van der Waals surface area contributed by atoms with Gasteiger partial charge >= 0.3 is 5.69 Å². The number of fused-ring (bicyclic) bond motifs is 1. The molecule has 1 heterocycles. The average molecular weight is 352 g/mol. The van der Waals surface area contributed by atoms with Gasteiger partial charge in [-0.2, -0.15) is 5.26 Å². The van der Waals surface area contributed by atoms with Crippen molar-refractivity contribution in [3.8, 4) is 6.07 Å². The highest BCUT2D eigenvalue weighted by Crippen LogP contribution is 2.29. The maximum Gasteiger partial charge on any atom is 0.331 e. The van der Waals surface area contributed by atoms with Crippen molar-refractivity contribution in [1.29, 1.82) is 5.26 Å². The largest absolute Gasteiger partial charge is 0.348 e. The molecule has 0 spiro atoms. The van der Waals surface area contributed by atoms with Crippen molar-refractivity contribution in [2.24, 2.45) is 0 Å². The minimum absolute atomic E-state index is 0.129. The van der Waals surface area contributed by atoms with Crippen LogP contribution in [0.4, 0.5) is 0 Å². The number of nitrogens with one attached hydrogen (secondary N) is 1. The van der Waals surface area contributed by atoms with Gasteiger partial charge in [-0.05, 0) is 37.3 Å². The summed E-state index contributed by atoms with van der Waals surface area (Å²) in [6.07, 6.45) is 3.99. The molecule has 0 aliphatic heterocycles. The first-order valence-corrected chi connectivity index (χ1v) is 8.66. The second-order valence-electron chi connectivity index (χ2n) is 6.33. The lowest BCUT2D eigenvalue weighted by Crippen LogP contribution is -2.45. The lowest BCUT2D eigenvalue weighted by atomic mass is 9.88. The molecular formula is C19H20N4O3. The molecular weight excluding hydrogens is 332 g/mol. The van der Waals surface area contributed by atoms with E-state index in [4.69, 9.17) is 5.26 Å². The maximum absolute atomic E-state index is 12.5. The molecule has 3 rings (SSSR count). The molecule has 0 radical (unpaired) electrons. The average Bonchev–Trinajstić information content (AvgIpc) is 2.66. The Kier molecular flexibility index (Phi) is 5.03. The Bertz CT molecular complexity index is 997. The summed E-state index contributed by atoms with van der Waals surface area (Å²) in [7, 11) is 0. The van der Waals surface area contributed by atoms with Crippen molar-refractivity contribution in [1.82, 2.24) is 14.5 Å². The Labute approximate surface area is 150 Å². The van der Waals surface area contributed by atoms with E-state index in [0.29, 0.717) is 6.54 Å². The molecule has 0 saturated carbocycles. The van der Waals surface area contributed by atoms with Crippen LogP contribution in [0, 0.1) is 11.3 Å². The fraction of sp³-hybridized carbons (Fsp3) is 0.368. The molecule has 0 bridgehead atoms. The summed E-state index contributed by atoms with van der Waals surface area (Å²) < 4.78 is 2.08. The Balaban J connectivity index is 1.85. The second-order valence-corrected chi connectivity index (χ2v) is 6.33. The van der Waals surface area contributed by atoms with E-state index in [2.05, 4.69) is 11.4 Å². The third-order valence-corrected chi connectivity index (χ3v) is 4.70. The fourth-order valence-electron chi connectivity index (χ4n) is 3.38. The molecule has 1 aromatic carbocycles. The summed E-state index contributed by atoms with van der Waals surface area (Å²) in [5, 5.41) is 12.0. The normalized spacial score (nSPS) is 15.8. The van der Waals surface area contributed by atoms with Crippen molar-refractivity contribution >= 4 is 5.91 Å². The van der Waals surface area contributed by atoms with E-state index in [1.807, 2.05) is 18.2 Å². The summed E-state index contributed by atoms with van der Waals surface area (Å²) in [6.45, 7) is 1.65. The van der Waals surface area contributed by atoms with Gasteiger partial charge in [0.1, 0.15) is 18.2 Å². The van der Waals surface area contributed by atoms with Crippen molar-refractivity contribution in [3.63, 3.8) is 0 Å². The Hall–Kier alpha value is -3.14. The van der Waals surface area contributed by atoms with Crippen molar-refractivity contribution < 1.29 is 4.79 Å². The van der Waals surface area contributed by atoms with Crippen LogP contribution in [-0.2, 0) is 24.3 Å². The Morgan fingerprint density at radius 1 is 1.35 bits per heavy atom. The lowest BCUT2D eigenvalue weighted by Gasteiger charge is -2.26. The van der Waals surface area contributed by atoms with Crippen LogP contribution in [0.15, 0.2) is 40.1 Å². The van der Waals surface area contributed by atoms with E-state index in [9.17, 15) is 14.4 Å². The van der Waals surface area contributed by atoms with Crippen LogP contribution in [0.5, 0.6) is 0 Å². The highest BCUT2D eigenvalue weighted by Gasteiger charge is 2.22. The highest BCUT2D eigenvalue weighted by molar-refractivity contribution is 5.76. The Morgan fingerprint density at radius 2 is 2.12 bits per heavy atom. The van der Waals surface area contributed by atoms with Gasteiger partial charge in [0.25, 0.3) is 5.56 Å². The molecule has 7 heteroatoms. The van der Waals surface area contributed by atoms with E-state index >= 15 is 0 Å². The summed E-state index contributed by atoms with van der Waals surface area (Å²) in [5.74, 6) is -0.413. The van der Waals surface area contributed by atoms with Gasteiger partial charge in [0.2, 0.25) is 5.91 Å². The predicted octanol–water partition coefficient (Wildman–Crippen LogP) is 1.10. The molecule has 0 unspecified atom stereocenters. The van der Waals surface area contributed by atoms with Crippen molar-refractivity contribution in [3.05, 3.63) is 68.0 Å². The van der Waals surface area contributed by atoms with Gasteiger partial charge < -0.3 is 5.32 Å². The van der Waals surface area contributed by atoms with Crippen LogP contribution in [0.1, 0.15) is 42.5 Å². The zero-order valence-electron chi connectivity index (χ0n) is 14.6. The lowest BCUT2D eigenvalue weighted by molar-refractivity contribution is -0.122. The van der Waals surface area contributed by atoms with E-state index in [1.54, 1.807) is 13.0 Å². The minimum atomic E-state index is -0.735. The first-order valence-electron chi connectivity index (χ1n) is 8.66. The second kappa shape index (κ2) is 7.40. The third-order valence-electron chi connectivity index (χ3n) is 4.70. The molecule has 134 valence electrons. The molecule has 1 amide bonds. The number of rotatable bonds is 4. The van der Waals surface area contributed by atoms with Crippen LogP contribution in [0.2, 0.25) is 0 Å². The number of carbonyl (C=O) groups excluding carboxylic acids is 1. The van der Waals surface area contributed by atoms with E-state index in [1.165, 1.54) is 16.3 Å². The van der Waals surface area contributed by atoms with Gasteiger partial charge in [-0.15, -0.1) is 0 Å². The standard InChI is InChI=1S/C19H20N4O3/c1-2-22-11-14(10-20)18(25)23(19(22)26)12-17(24)21-16-9-5-7-13-6-3-4-8-15(13)16/h3-4,6,8,11,16H,2,5,7,9,12H2,1H3,(H,21,24)/t16-/m1/s1. The van der Waals surface area contributed by atoms with Gasteiger partial charge in [0.05, 0.1) is 6.04 Å². The number of hydrogen-bond donors (Lipinski definition) is 1. The molecule has 1 aromatic heterocycles.